The van der Waals surface area contributed by atoms with Crippen molar-refractivity contribution in [3.63, 3.8) is 0 Å². The van der Waals surface area contributed by atoms with Crippen LogP contribution in [0.15, 0.2) is 22.7 Å². The van der Waals surface area contributed by atoms with Crippen LogP contribution < -0.4 is 0 Å². The van der Waals surface area contributed by atoms with Gasteiger partial charge in [-0.3, -0.25) is 4.90 Å². The van der Waals surface area contributed by atoms with E-state index in [1.54, 1.807) is 6.07 Å². The first-order valence-electron chi connectivity index (χ1n) is 5.13. The Morgan fingerprint density at radius 1 is 1.44 bits per heavy atom. The molecule has 0 aliphatic heterocycles. The molecule has 0 fully saturated rings. The third-order valence-corrected chi connectivity index (χ3v) is 3.75. The summed E-state index contributed by atoms with van der Waals surface area (Å²) in [6, 6.07) is 4.98. The number of hydrogen-bond acceptors (Lipinski definition) is 2. The molecule has 1 N–H and O–H groups in total. The lowest BCUT2D eigenvalue weighted by Crippen LogP contribution is -2.43. The van der Waals surface area contributed by atoms with Crippen molar-refractivity contribution in [1.29, 1.82) is 0 Å². The number of halogens is 2. The van der Waals surface area contributed by atoms with Crippen LogP contribution in [0.25, 0.3) is 0 Å². The number of nitrogens with zero attached hydrogens (tertiary/aromatic N) is 1. The van der Waals surface area contributed by atoms with Gasteiger partial charge in [-0.25, -0.2) is 4.39 Å². The van der Waals surface area contributed by atoms with Gasteiger partial charge in [0.1, 0.15) is 5.82 Å². The normalized spacial score (nSPS) is 12.2. The molecule has 2 nitrogen and oxygen atoms in total. The third-order valence-electron chi connectivity index (χ3n) is 2.86. The Morgan fingerprint density at radius 3 is 2.62 bits per heavy atom. The van der Waals surface area contributed by atoms with E-state index in [0.29, 0.717) is 11.0 Å². The van der Waals surface area contributed by atoms with E-state index < -0.39 is 0 Å². The van der Waals surface area contributed by atoms with Crippen LogP contribution in [0.1, 0.15) is 19.4 Å². The van der Waals surface area contributed by atoms with Gasteiger partial charge in [-0.05, 0) is 48.5 Å². The maximum absolute atomic E-state index is 13.3. The number of aliphatic hydroxyl groups excluding tert-OH is 1. The summed E-state index contributed by atoms with van der Waals surface area (Å²) in [6.45, 7) is 4.54. The molecule has 1 aromatic carbocycles. The Hall–Kier alpha value is -0.450. The lowest BCUT2D eigenvalue weighted by molar-refractivity contribution is 0.0731. The van der Waals surface area contributed by atoms with Gasteiger partial charge in [0.05, 0.1) is 11.1 Å². The monoisotopic (exact) mass is 289 g/mol. The van der Waals surface area contributed by atoms with Crippen molar-refractivity contribution in [2.75, 3.05) is 13.7 Å². The van der Waals surface area contributed by atoms with Gasteiger partial charge >= 0.3 is 0 Å². The fourth-order valence-corrected chi connectivity index (χ4v) is 1.65. The average Bonchev–Trinajstić information content (AvgIpc) is 2.24. The van der Waals surface area contributed by atoms with E-state index in [1.165, 1.54) is 6.07 Å². The second kappa shape index (κ2) is 5.25. The highest BCUT2D eigenvalue weighted by Gasteiger charge is 2.23. The van der Waals surface area contributed by atoms with Gasteiger partial charge in [-0.1, -0.05) is 12.1 Å². The number of rotatable bonds is 4. The van der Waals surface area contributed by atoms with Gasteiger partial charge in [0, 0.05) is 12.1 Å². The maximum atomic E-state index is 13.3. The summed E-state index contributed by atoms with van der Waals surface area (Å²) in [5, 5.41) is 9.24. The SMILES string of the molecule is CN(Cc1cccc(F)c1Br)C(C)(C)CO. The molecule has 0 saturated heterocycles. The first kappa shape index (κ1) is 13.6. The molecule has 0 heterocycles. The van der Waals surface area contributed by atoms with Crippen LogP contribution in [-0.4, -0.2) is 29.2 Å². The second-order valence-corrected chi connectivity index (χ2v) is 5.33. The summed E-state index contributed by atoms with van der Waals surface area (Å²) in [6.07, 6.45) is 0. The van der Waals surface area contributed by atoms with Crippen molar-refractivity contribution in [3.05, 3.63) is 34.1 Å². The Labute approximate surface area is 104 Å². The smallest absolute Gasteiger partial charge is 0.137 e. The first-order valence-corrected chi connectivity index (χ1v) is 5.93. The minimum atomic E-state index is -0.314. The predicted molar refractivity (Wildman–Crippen MR) is 66.7 cm³/mol. The largest absolute Gasteiger partial charge is 0.394 e. The Morgan fingerprint density at radius 2 is 2.06 bits per heavy atom. The molecule has 0 spiro atoms. The van der Waals surface area contributed by atoms with E-state index in [9.17, 15) is 9.50 Å². The summed E-state index contributed by atoms with van der Waals surface area (Å²) in [5.74, 6) is -0.257. The molecule has 1 rings (SSSR count). The van der Waals surface area contributed by atoms with Crippen LogP contribution in [0.2, 0.25) is 0 Å². The quantitative estimate of drug-likeness (QED) is 0.921. The van der Waals surface area contributed by atoms with E-state index in [1.807, 2.05) is 31.9 Å². The number of hydrogen-bond donors (Lipinski definition) is 1. The highest BCUT2D eigenvalue weighted by Crippen LogP contribution is 2.23. The van der Waals surface area contributed by atoms with Crippen molar-refractivity contribution < 1.29 is 9.50 Å². The molecular weight excluding hydrogens is 273 g/mol. The number of aliphatic hydroxyl groups is 1. The Kier molecular flexibility index (Phi) is 4.47. The molecule has 90 valence electrons. The number of benzene rings is 1. The van der Waals surface area contributed by atoms with Crippen LogP contribution >= 0.6 is 15.9 Å². The summed E-state index contributed by atoms with van der Waals surface area (Å²) < 4.78 is 13.8. The van der Waals surface area contributed by atoms with Crippen LogP contribution in [0.5, 0.6) is 0 Å². The minimum absolute atomic E-state index is 0.0659. The standard InChI is InChI=1S/C12H17BrFNO/c1-12(2,8-16)15(3)7-9-5-4-6-10(14)11(9)13/h4-6,16H,7-8H2,1-3H3. The van der Waals surface area contributed by atoms with E-state index in [4.69, 9.17) is 0 Å². The molecule has 0 bridgehead atoms. The fourth-order valence-electron chi connectivity index (χ4n) is 1.26. The van der Waals surface area contributed by atoms with Crippen molar-refractivity contribution >= 4 is 15.9 Å². The van der Waals surface area contributed by atoms with E-state index >= 15 is 0 Å². The molecule has 0 atom stereocenters. The molecule has 4 heteroatoms. The van der Waals surface area contributed by atoms with Crippen molar-refractivity contribution in [1.82, 2.24) is 4.90 Å². The zero-order valence-electron chi connectivity index (χ0n) is 9.80. The van der Waals surface area contributed by atoms with Gasteiger partial charge in [-0.15, -0.1) is 0 Å². The molecule has 0 radical (unpaired) electrons. The molecular formula is C12H17BrFNO. The molecule has 0 aromatic heterocycles. The van der Waals surface area contributed by atoms with Gasteiger partial charge in [0.15, 0.2) is 0 Å². The summed E-state index contributed by atoms with van der Waals surface area (Å²) in [4.78, 5) is 1.99. The van der Waals surface area contributed by atoms with Gasteiger partial charge in [-0.2, -0.15) is 0 Å². The lowest BCUT2D eigenvalue weighted by Gasteiger charge is -2.34. The molecule has 0 amide bonds. The molecule has 0 unspecified atom stereocenters. The predicted octanol–water partition coefficient (Wildman–Crippen LogP) is 2.79. The highest BCUT2D eigenvalue weighted by molar-refractivity contribution is 9.10. The van der Waals surface area contributed by atoms with E-state index in [2.05, 4.69) is 15.9 Å². The zero-order valence-corrected chi connectivity index (χ0v) is 11.4. The topological polar surface area (TPSA) is 23.5 Å². The highest BCUT2D eigenvalue weighted by atomic mass is 79.9. The van der Waals surface area contributed by atoms with Gasteiger partial charge < -0.3 is 5.11 Å². The van der Waals surface area contributed by atoms with Gasteiger partial charge in [0.2, 0.25) is 0 Å². The van der Waals surface area contributed by atoms with Crippen molar-refractivity contribution in [2.24, 2.45) is 0 Å². The minimum Gasteiger partial charge on any atom is -0.394 e. The van der Waals surface area contributed by atoms with Crippen LogP contribution in [-0.2, 0) is 6.54 Å². The molecule has 1 aromatic rings. The maximum Gasteiger partial charge on any atom is 0.137 e. The molecule has 16 heavy (non-hydrogen) atoms. The van der Waals surface area contributed by atoms with Crippen molar-refractivity contribution in [2.45, 2.75) is 25.9 Å². The Balaban J connectivity index is 2.85. The molecule has 0 saturated carbocycles. The zero-order chi connectivity index (χ0) is 12.3. The first-order chi connectivity index (χ1) is 7.38. The van der Waals surface area contributed by atoms with E-state index in [0.717, 1.165) is 5.56 Å². The average molecular weight is 290 g/mol. The number of likely N-dealkylation sites (N-methyl/N-ethyl adjacent to an activating group) is 1. The lowest BCUT2D eigenvalue weighted by atomic mass is 10.0. The summed E-state index contributed by atoms with van der Waals surface area (Å²) in [7, 11) is 1.91. The molecule has 0 aliphatic rings. The summed E-state index contributed by atoms with van der Waals surface area (Å²) in [5.41, 5.74) is 0.565. The van der Waals surface area contributed by atoms with Gasteiger partial charge in [0.25, 0.3) is 0 Å². The molecule has 0 aliphatic carbocycles. The van der Waals surface area contributed by atoms with Crippen LogP contribution in [0.4, 0.5) is 4.39 Å². The van der Waals surface area contributed by atoms with Crippen LogP contribution in [0.3, 0.4) is 0 Å². The fraction of sp³-hybridized carbons (Fsp3) is 0.500. The Bertz CT molecular complexity index is 368. The van der Waals surface area contributed by atoms with Crippen LogP contribution in [0, 0.1) is 5.82 Å². The van der Waals surface area contributed by atoms with E-state index in [-0.39, 0.29) is 18.0 Å². The summed E-state index contributed by atoms with van der Waals surface area (Å²) >= 11 is 3.23. The van der Waals surface area contributed by atoms with Crippen molar-refractivity contribution in [3.8, 4) is 0 Å². The second-order valence-electron chi connectivity index (χ2n) is 4.54. The third kappa shape index (κ3) is 3.03.